The van der Waals surface area contributed by atoms with Crippen molar-refractivity contribution < 1.29 is 9.53 Å². The predicted octanol–water partition coefficient (Wildman–Crippen LogP) is 1.72. The number of hydrogen-bond donors (Lipinski definition) is 0. The van der Waals surface area contributed by atoms with Gasteiger partial charge in [-0.05, 0) is 12.8 Å². The van der Waals surface area contributed by atoms with Gasteiger partial charge in [0.25, 0.3) is 0 Å². The predicted molar refractivity (Wildman–Crippen MR) is 54.6 cm³/mol. The summed E-state index contributed by atoms with van der Waals surface area (Å²) in [5, 5.41) is 0.294. The van der Waals surface area contributed by atoms with E-state index in [4.69, 9.17) is 16.3 Å². The van der Waals surface area contributed by atoms with Crippen molar-refractivity contribution in [1.29, 1.82) is 0 Å². The molecular weight excluding hydrogens is 216 g/mol. The summed E-state index contributed by atoms with van der Waals surface area (Å²) in [6.45, 7) is 0. The first-order valence-corrected chi connectivity index (χ1v) is 5.14. The van der Waals surface area contributed by atoms with Gasteiger partial charge in [0.1, 0.15) is 5.41 Å². The molecule has 0 bridgehead atoms. The van der Waals surface area contributed by atoms with Gasteiger partial charge in [-0.1, -0.05) is 18.0 Å². The first-order chi connectivity index (χ1) is 7.20. The molecule has 0 aliphatic heterocycles. The Hall–Kier alpha value is -1.16. The highest BCUT2D eigenvalue weighted by Gasteiger charge is 2.49. The number of rotatable bonds is 2. The Balaban J connectivity index is 2.43. The van der Waals surface area contributed by atoms with Crippen LogP contribution in [0.1, 0.15) is 25.0 Å². The minimum Gasteiger partial charge on any atom is -0.468 e. The van der Waals surface area contributed by atoms with Crippen LogP contribution in [0.25, 0.3) is 0 Å². The molecule has 15 heavy (non-hydrogen) atoms. The fraction of sp³-hybridized carbons (Fsp3) is 0.500. The Morgan fingerprint density at radius 3 is 2.60 bits per heavy atom. The van der Waals surface area contributed by atoms with Crippen molar-refractivity contribution in [2.75, 3.05) is 7.11 Å². The van der Waals surface area contributed by atoms with E-state index in [1.165, 1.54) is 13.3 Å². The minimum absolute atomic E-state index is 0.267. The molecule has 1 fully saturated rings. The van der Waals surface area contributed by atoms with E-state index in [1.54, 1.807) is 6.20 Å². The molecule has 1 saturated carbocycles. The van der Waals surface area contributed by atoms with Gasteiger partial charge >= 0.3 is 5.97 Å². The van der Waals surface area contributed by atoms with Gasteiger partial charge in [-0.25, -0.2) is 4.98 Å². The van der Waals surface area contributed by atoms with Crippen molar-refractivity contribution >= 4 is 17.6 Å². The fourth-order valence-corrected chi connectivity index (χ4v) is 2.19. The van der Waals surface area contributed by atoms with E-state index < -0.39 is 5.41 Å². The van der Waals surface area contributed by atoms with E-state index in [-0.39, 0.29) is 5.97 Å². The van der Waals surface area contributed by atoms with Crippen molar-refractivity contribution in [2.24, 2.45) is 0 Å². The highest BCUT2D eigenvalue weighted by molar-refractivity contribution is 6.30. The number of ether oxygens (including phenoxy) is 1. The number of aromatic nitrogens is 2. The van der Waals surface area contributed by atoms with Crippen LogP contribution in [0.4, 0.5) is 0 Å². The molecule has 0 unspecified atom stereocenters. The summed E-state index contributed by atoms with van der Waals surface area (Å²) in [5.41, 5.74) is -0.107. The van der Waals surface area contributed by atoms with E-state index >= 15 is 0 Å². The second-order valence-corrected chi connectivity index (χ2v) is 3.98. The van der Waals surface area contributed by atoms with E-state index in [2.05, 4.69) is 9.97 Å². The third-order valence-corrected chi connectivity index (χ3v) is 3.17. The van der Waals surface area contributed by atoms with E-state index in [0.29, 0.717) is 10.8 Å². The van der Waals surface area contributed by atoms with Gasteiger partial charge in [-0.2, -0.15) is 0 Å². The number of halogens is 1. The average molecular weight is 227 g/mol. The lowest BCUT2D eigenvalue weighted by Crippen LogP contribution is -2.44. The molecule has 0 aromatic carbocycles. The molecule has 80 valence electrons. The summed E-state index contributed by atoms with van der Waals surface area (Å²) < 4.78 is 4.80. The first kappa shape index (κ1) is 10.4. The normalized spacial score (nSPS) is 18.0. The summed E-state index contributed by atoms with van der Waals surface area (Å²) in [6.07, 6.45) is 5.51. The smallest absolute Gasteiger partial charge is 0.318 e. The van der Waals surface area contributed by atoms with Gasteiger partial charge in [0.15, 0.2) is 5.15 Å². The molecular formula is C10H11ClN2O2. The van der Waals surface area contributed by atoms with Crippen molar-refractivity contribution in [2.45, 2.75) is 24.7 Å². The van der Waals surface area contributed by atoms with Crippen LogP contribution in [0.2, 0.25) is 5.15 Å². The Kier molecular flexibility index (Phi) is 2.61. The minimum atomic E-state index is -0.653. The van der Waals surface area contributed by atoms with Crippen LogP contribution >= 0.6 is 11.6 Å². The topological polar surface area (TPSA) is 52.1 Å². The van der Waals surface area contributed by atoms with Gasteiger partial charge in [0.05, 0.1) is 12.8 Å². The highest BCUT2D eigenvalue weighted by atomic mass is 35.5. The van der Waals surface area contributed by atoms with Crippen molar-refractivity contribution in [3.8, 4) is 0 Å². The van der Waals surface area contributed by atoms with Crippen molar-refractivity contribution in [1.82, 2.24) is 9.97 Å². The molecule has 1 aromatic rings. The van der Waals surface area contributed by atoms with E-state index in [0.717, 1.165) is 19.3 Å². The maximum atomic E-state index is 11.7. The molecule has 0 radical (unpaired) electrons. The molecule has 5 heteroatoms. The molecule has 0 spiro atoms. The maximum Gasteiger partial charge on any atom is 0.318 e. The van der Waals surface area contributed by atoms with E-state index in [9.17, 15) is 4.79 Å². The van der Waals surface area contributed by atoms with Gasteiger partial charge in [-0.3, -0.25) is 9.78 Å². The summed E-state index contributed by atoms with van der Waals surface area (Å²) in [6, 6.07) is 0. The van der Waals surface area contributed by atoms with Crippen LogP contribution in [0.5, 0.6) is 0 Å². The molecule has 4 nitrogen and oxygen atoms in total. The lowest BCUT2D eigenvalue weighted by Gasteiger charge is -2.38. The van der Waals surface area contributed by atoms with Crippen LogP contribution in [0.15, 0.2) is 12.4 Å². The van der Waals surface area contributed by atoms with Crippen LogP contribution in [-0.2, 0) is 14.9 Å². The van der Waals surface area contributed by atoms with Crippen molar-refractivity contribution in [3.63, 3.8) is 0 Å². The first-order valence-electron chi connectivity index (χ1n) is 4.76. The standard InChI is InChI=1S/C10H11ClN2O2/c1-15-9(14)10(3-2-4-10)7-8(11)13-6-5-12-7/h5-6H,2-4H2,1H3. The number of carbonyl (C=O) groups excluding carboxylic acids is 1. The highest BCUT2D eigenvalue weighted by Crippen LogP contribution is 2.45. The zero-order chi connectivity index (χ0) is 10.9. The fourth-order valence-electron chi connectivity index (χ4n) is 1.91. The number of hydrogen-bond acceptors (Lipinski definition) is 4. The molecule has 0 atom stereocenters. The van der Waals surface area contributed by atoms with Gasteiger partial charge in [0.2, 0.25) is 0 Å². The Bertz CT molecular complexity index is 391. The number of esters is 1. The Morgan fingerprint density at radius 2 is 2.13 bits per heavy atom. The zero-order valence-electron chi connectivity index (χ0n) is 8.36. The molecule has 2 rings (SSSR count). The Morgan fingerprint density at radius 1 is 1.47 bits per heavy atom. The third kappa shape index (κ3) is 1.49. The van der Waals surface area contributed by atoms with Crippen LogP contribution in [-0.4, -0.2) is 23.0 Å². The quantitative estimate of drug-likeness (QED) is 0.721. The monoisotopic (exact) mass is 226 g/mol. The molecule has 1 aliphatic rings. The molecule has 0 N–H and O–H groups in total. The zero-order valence-corrected chi connectivity index (χ0v) is 9.12. The molecule has 1 heterocycles. The molecule has 1 aromatic heterocycles. The molecule has 0 saturated heterocycles. The summed E-state index contributed by atoms with van der Waals surface area (Å²) >= 11 is 5.94. The van der Waals surface area contributed by atoms with Gasteiger partial charge in [0, 0.05) is 12.4 Å². The molecule has 0 amide bonds. The Labute approximate surface area is 92.6 Å². The number of carbonyl (C=O) groups is 1. The second-order valence-electron chi connectivity index (χ2n) is 3.62. The van der Waals surface area contributed by atoms with Gasteiger partial charge in [-0.15, -0.1) is 0 Å². The summed E-state index contributed by atoms with van der Waals surface area (Å²) in [5.74, 6) is -0.267. The largest absolute Gasteiger partial charge is 0.468 e. The summed E-state index contributed by atoms with van der Waals surface area (Å²) in [7, 11) is 1.38. The van der Waals surface area contributed by atoms with E-state index in [1.807, 2.05) is 0 Å². The number of nitrogens with zero attached hydrogens (tertiary/aromatic N) is 2. The second kappa shape index (κ2) is 3.77. The van der Waals surface area contributed by atoms with Gasteiger partial charge < -0.3 is 4.74 Å². The van der Waals surface area contributed by atoms with Crippen LogP contribution in [0.3, 0.4) is 0 Å². The SMILES string of the molecule is COC(=O)C1(c2nccnc2Cl)CCC1. The third-order valence-electron chi connectivity index (χ3n) is 2.89. The lowest BCUT2D eigenvalue weighted by atomic mass is 9.66. The lowest BCUT2D eigenvalue weighted by molar-refractivity contribution is -0.151. The molecule has 1 aliphatic carbocycles. The maximum absolute atomic E-state index is 11.7. The average Bonchev–Trinajstić information content (AvgIpc) is 2.19. The van der Waals surface area contributed by atoms with Crippen LogP contribution in [0, 0.1) is 0 Å². The summed E-state index contributed by atoms with van der Waals surface area (Å²) in [4.78, 5) is 19.8. The van der Waals surface area contributed by atoms with Crippen molar-refractivity contribution in [3.05, 3.63) is 23.2 Å². The number of methoxy groups -OCH3 is 1. The van der Waals surface area contributed by atoms with Crippen LogP contribution < -0.4 is 0 Å².